The van der Waals surface area contributed by atoms with Crippen molar-refractivity contribution >= 4 is 40.9 Å². The number of nitrogens with zero attached hydrogens (tertiary/aromatic N) is 2. The predicted molar refractivity (Wildman–Crippen MR) is 141 cm³/mol. The van der Waals surface area contributed by atoms with E-state index >= 15 is 0 Å². The van der Waals surface area contributed by atoms with Gasteiger partial charge in [0.15, 0.2) is 0 Å². The summed E-state index contributed by atoms with van der Waals surface area (Å²) < 4.78 is 40.7. The van der Waals surface area contributed by atoms with Gasteiger partial charge < -0.3 is 0 Å². The molecule has 1 amide bonds. The van der Waals surface area contributed by atoms with E-state index < -0.39 is 31.8 Å². The van der Waals surface area contributed by atoms with Gasteiger partial charge in [0, 0.05) is 0 Å². The number of amidine groups is 1. The molecule has 3 aromatic rings. The zero-order chi connectivity index (χ0) is 25.7. The fourth-order valence-electron chi connectivity index (χ4n) is 3.28. The van der Waals surface area contributed by atoms with Crippen molar-refractivity contribution in [1.29, 1.82) is 0 Å². The number of amides is 1. The van der Waals surface area contributed by atoms with Crippen molar-refractivity contribution in [2.24, 2.45) is 4.99 Å². The second kappa shape index (κ2) is 11.0. The summed E-state index contributed by atoms with van der Waals surface area (Å²) >= 11 is -1.85. The zero-order valence-corrected chi connectivity index (χ0v) is 21.6. The zero-order valence-electron chi connectivity index (χ0n) is 19.4. The van der Waals surface area contributed by atoms with Crippen molar-refractivity contribution in [3.63, 3.8) is 0 Å². The first-order valence-corrected chi connectivity index (χ1v) is 14.4. The molecule has 8 nitrogen and oxygen atoms in total. The minimum absolute atomic E-state index is 0.0180. The van der Waals surface area contributed by atoms with Crippen LogP contribution in [0, 0.1) is 3.57 Å². The Morgan fingerprint density at radius 2 is 1.94 bits per heavy atom. The second-order valence-corrected chi connectivity index (χ2v) is 13.1. The predicted octanol–water partition coefficient (Wildman–Crippen LogP) is 6.13. The Balaban J connectivity index is 1.53. The van der Waals surface area contributed by atoms with Gasteiger partial charge in [-0.05, 0) is 0 Å². The van der Waals surface area contributed by atoms with Gasteiger partial charge >= 0.3 is 214 Å². The van der Waals surface area contributed by atoms with Crippen molar-refractivity contribution in [3.8, 4) is 17.2 Å². The molecule has 0 atom stereocenters. The number of benzene rings is 2. The maximum atomic E-state index is 13.5. The number of nitrogens with one attached hydrogen (secondary N) is 2. The van der Waals surface area contributed by atoms with Gasteiger partial charge in [-0.3, -0.25) is 0 Å². The number of halogens is 3. The summed E-state index contributed by atoms with van der Waals surface area (Å²) in [4.78, 5) is 25.4. The van der Waals surface area contributed by atoms with Crippen LogP contribution in [0.15, 0.2) is 78.4 Å². The Labute approximate surface area is 213 Å². The molecule has 11 heteroatoms. The summed E-state index contributed by atoms with van der Waals surface area (Å²) in [5.41, 5.74) is 3.76. The molecule has 0 fully saturated rings. The summed E-state index contributed by atoms with van der Waals surface area (Å²) in [6, 6.07) is 15.2. The van der Waals surface area contributed by atoms with Crippen molar-refractivity contribution in [2.45, 2.75) is 13.0 Å². The van der Waals surface area contributed by atoms with Gasteiger partial charge in [0.25, 0.3) is 0 Å². The maximum absolute atomic E-state index is 13.5. The van der Waals surface area contributed by atoms with E-state index in [4.69, 9.17) is 14.5 Å². The molecule has 0 radical (unpaired) electrons. The molecule has 1 aliphatic rings. The molecule has 188 valence electrons. The molecular weight excluding hydrogens is 585 g/mol. The van der Waals surface area contributed by atoms with Crippen LogP contribution in [0.1, 0.15) is 17.4 Å². The monoisotopic (exact) mass is 608 g/mol. The Kier molecular flexibility index (Phi) is 7.79. The molecule has 4 rings (SSSR count). The van der Waals surface area contributed by atoms with E-state index in [9.17, 15) is 13.6 Å². The first-order chi connectivity index (χ1) is 17.3. The van der Waals surface area contributed by atoms with Gasteiger partial charge in [0.05, 0.1) is 0 Å². The topological polar surface area (TPSA) is 94.1 Å². The molecule has 2 aromatic carbocycles. The van der Waals surface area contributed by atoms with Crippen LogP contribution < -0.4 is 20.3 Å². The number of rotatable bonds is 9. The van der Waals surface area contributed by atoms with Gasteiger partial charge in [-0.25, -0.2) is 0 Å². The van der Waals surface area contributed by atoms with E-state index in [-0.39, 0.29) is 11.4 Å². The molecule has 0 bridgehead atoms. The van der Waals surface area contributed by atoms with E-state index in [0.29, 0.717) is 23.3 Å². The molecule has 0 spiro atoms. The van der Waals surface area contributed by atoms with E-state index in [1.165, 1.54) is 31.5 Å². The SMILES string of the molecule is C=CC(F)(F)Oc1cccc(NC2=Nc3cc(Oc4ccnc(C(=O)NOC)c4)ccc3I2CC)c1. The van der Waals surface area contributed by atoms with E-state index in [0.717, 1.165) is 17.5 Å². The minimum atomic E-state index is -3.46. The summed E-state index contributed by atoms with van der Waals surface area (Å²) in [6.07, 6.45) is -1.54. The Hall–Kier alpha value is -3.58. The first kappa shape index (κ1) is 25.5. The summed E-state index contributed by atoms with van der Waals surface area (Å²) in [5, 5.41) is 3.30. The van der Waals surface area contributed by atoms with Gasteiger partial charge in [-0.2, -0.15) is 0 Å². The number of carbonyl (C=O) groups is 1. The number of aliphatic imine (C=N–C) groups is 1. The molecule has 1 aromatic heterocycles. The number of anilines is 1. The van der Waals surface area contributed by atoms with Crippen LogP contribution in [-0.2, 0) is 4.84 Å². The number of ether oxygens (including phenoxy) is 2. The Bertz CT molecular complexity index is 1320. The van der Waals surface area contributed by atoms with Gasteiger partial charge in [0.2, 0.25) is 0 Å². The molecule has 0 aliphatic carbocycles. The summed E-state index contributed by atoms with van der Waals surface area (Å²) in [7, 11) is 1.34. The standard InChI is InChI=1S/C25H23F2IN4O4/c1-4-25(26,27)36-19-8-6-7-16(13-19)30-24-28(5-2)20-10-9-17(14-21(20)31-24)35-18-11-12-29-22(15-18)23(33)32-34-3/h4,6-15H,1,5H2,2-3H3,(H,30,31)(H,32,33). The number of carbonyl (C=O) groups excluding carboxylic acids is 1. The van der Waals surface area contributed by atoms with Crippen molar-refractivity contribution in [2.75, 3.05) is 16.9 Å². The van der Waals surface area contributed by atoms with Gasteiger partial charge in [-0.15, -0.1) is 0 Å². The van der Waals surface area contributed by atoms with Crippen LogP contribution >= 0.6 is 19.8 Å². The van der Waals surface area contributed by atoms with Crippen molar-refractivity contribution in [3.05, 3.63) is 82.7 Å². The molecule has 0 saturated heterocycles. The number of alkyl halides is 3. The fourth-order valence-corrected chi connectivity index (χ4v) is 8.12. The van der Waals surface area contributed by atoms with Gasteiger partial charge in [0.1, 0.15) is 0 Å². The number of hydrogen-bond acceptors (Lipinski definition) is 7. The van der Waals surface area contributed by atoms with E-state index in [2.05, 4.69) is 34.1 Å². The third kappa shape index (κ3) is 5.97. The number of hydrogen-bond donors (Lipinski definition) is 2. The van der Waals surface area contributed by atoms with Crippen LogP contribution in [0.2, 0.25) is 0 Å². The van der Waals surface area contributed by atoms with Crippen molar-refractivity contribution in [1.82, 2.24) is 10.5 Å². The molecule has 2 heterocycles. The third-order valence-corrected chi connectivity index (χ3v) is 10.4. The summed E-state index contributed by atoms with van der Waals surface area (Å²) in [6.45, 7) is 5.20. The van der Waals surface area contributed by atoms with E-state index in [1.807, 2.05) is 18.2 Å². The normalized spacial score (nSPS) is 13.4. The number of hydroxylamine groups is 1. The second-order valence-electron chi connectivity index (χ2n) is 7.28. The third-order valence-electron chi connectivity index (χ3n) is 4.83. The van der Waals surface area contributed by atoms with Crippen LogP contribution in [0.3, 0.4) is 0 Å². The molecule has 0 saturated carbocycles. The average Bonchev–Trinajstić information content (AvgIpc) is 3.20. The molecule has 36 heavy (non-hydrogen) atoms. The number of fused-ring (bicyclic) bond motifs is 1. The molecule has 2 N–H and O–H groups in total. The van der Waals surface area contributed by atoms with Crippen LogP contribution in [0.5, 0.6) is 17.2 Å². The van der Waals surface area contributed by atoms with Crippen molar-refractivity contribution < 1.29 is 27.9 Å². The summed E-state index contributed by atoms with van der Waals surface area (Å²) in [5.74, 6) is 0.518. The van der Waals surface area contributed by atoms with Crippen LogP contribution in [0.4, 0.5) is 20.2 Å². The van der Waals surface area contributed by atoms with E-state index in [1.54, 1.807) is 18.2 Å². The number of aromatic nitrogens is 1. The van der Waals surface area contributed by atoms with Gasteiger partial charge in [-0.1, -0.05) is 0 Å². The quantitative estimate of drug-likeness (QED) is 0.0999. The molecule has 1 aliphatic heterocycles. The Morgan fingerprint density at radius 1 is 1.14 bits per heavy atom. The van der Waals surface area contributed by atoms with Crippen LogP contribution in [0.25, 0.3) is 0 Å². The number of pyridine rings is 1. The van der Waals surface area contributed by atoms with Crippen LogP contribution in [-0.4, -0.2) is 32.4 Å². The first-order valence-electron chi connectivity index (χ1n) is 10.7. The molecular formula is C25H23F2IN4O4. The molecule has 0 unspecified atom stereocenters. The average molecular weight is 608 g/mol. The Morgan fingerprint density at radius 3 is 2.69 bits per heavy atom. The fraction of sp³-hybridized carbons (Fsp3) is 0.160.